The van der Waals surface area contributed by atoms with Crippen LogP contribution in [-0.4, -0.2) is 57.3 Å². The van der Waals surface area contributed by atoms with Crippen LogP contribution in [0, 0.1) is 0 Å². The van der Waals surface area contributed by atoms with Crippen molar-refractivity contribution in [3.05, 3.63) is 546 Å². The van der Waals surface area contributed by atoms with Crippen LogP contribution in [0.15, 0.2) is 546 Å². The summed E-state index contributed by atoms with van der Waals surface area (Å²) in [5.74, 6) is 3.40. The van der Waals surface area contributed by atoms with Gasteiger partial charge in [0.2, 0.25) is 11.9 Å². The van der Waals surface area contributed by atoms with Crippen LogP contribution in [0.25, 0.3) is 267 Å². The normalized spacial score (nSPS) is 11.6. The highest BCUT2D eigenvalue weighted by molar-refractivity contribution is 6.21. The van der Waals surface area contributed by atoms with Crippen molar-refractivity contribution in [3.63, 3.8) is 0 Å². The van der Waals surface area contributed by atoms with Crippen LogP contribution in [0.1, 0.15) is 0 Å². The summed E-state index contributed by atoms with van der Waals surface area (Å²) in [6.45, 7) is 0. The Hall–Kier alpha value is -20.3. The van der Waals surface area contributed by atoms with E-state index in [1.165, 1.54) is 109 Å². The first-order chi connectivity index (χ1) is 74.4. The molecule has 0 aliphatic heterocycles. The molecule has 0 aliphatic rings. The first-order valence-electron chi connectivity index (χ1n) is 50.8. The largest absolute Gasteiger partial charge is 0.309 e. The van der Waals surface area contributed by atoms with E-state index in [2.05, 4.69) is 501 Å². The van der Waals surface area contributed by atoms with Crippen molar-refractivity contribution < 1.29 is 0 Å². The molecule has 0 spiro atoms. The maximum Gasteiger partial charge on any atom is 0.238 e. The molecule has 30 aromatic rings. The standard InChI is InChI=1S/C47H31N3.C46H30N4.C45H29N5/c1-4-15-32(16-5-1)35-30-41(33-17-6-2-7-18-33)48-46(31-35)50-43-25-13-11-22-39(43)47-37(23-14-26-45(47)50)34-27-28-44-40(29-34)38-21-10-12-24-42(38)49(44)36-19-8-3-9-20-36;1-4-15-31(16-5-1)39-30-40(32-17-6-2-7-18-32)48-46(47-39)50-42-25-13-11-22-37(42)45-35(23-14-26-44(45)50)33-27-28-43-38(29-33)36-21-10-12-24-41(36)49(43)34-19-8-3-9-20-34;1-4-15-30(16-5-1)43-46-44(31-17-6-2-7-18-31)48-45(47-43)50-39-25-13-11-22-36(39)42-34(23-14-26-41(42)50)32-27-28-40-37(29-32)35-21-10-12-24-38(35)49(40)33-19-8-3-9-20-33/h1-31H;1-30H;1-29H. The van der Waals surface area contributed by atoms with E-state index < -0.39 is 0 Å². The molecular formula is C138H90N12. The van der Waals surface area contributed by atoms with Gasteiger partial charge in [0, 0.05) is 110 Å². The number of rotatable bonds is 15. The lowest BCUT2D eigenvalue weighted by Gasteiger charge is -2.13. The Labute approximate surface area is 863 Å². The minimum Gasteiger partial charge on any atom is -0.309 e. The average Bonchev–Trinajstić information content (AvgIpc) is 1.58. The van der Waals surface area contributed by atoms with E-state index in [0.717, 1.165) is 134 Å². The van der Waals surface area contributed by atoms with Gasteiger partial charge in [0.25, 0.3) is 0 Å². The third-order valence-electron chi connectivity index (χ3n) is 29.2. The fourth-order valence-corrected chi connectivity index (χ4v) is 22.6. The molecule has 0 N–H and O–H groups in total. The van der Waals surface area contributed by atoms with Crippen LogP contribution in [0.2, 0.25) is 0 Å². The molecule has 21 aromatic carbocycles. The van der Waals surface area contributed by atoms with Crippen LogP contribution in [-0.2, 0) is 0 Å². The highest BCUT2D eigenvalue weighted by Crippen LogP contribution is 2.48. The van der Waals surface area contributed by atoms with Crippen molar-refractivity contribution >= 4 is 131 Å². The second-order valence-corrected chi connectivity index (χ2v) is 37.9. The second kappa shape index (κ2) is 37.1. The topological polar surface area (TPSA) is 107 Å². The highest BCUT2D eigenvalue weighted by Gasteiger charge is 2.27. The molecule has 12 nitrogen and oxygen atoms in total. The molecule has 0 amide bonds. The zero-order valence-electron chi connectivity index (χ0n) is 81.3. The van der Waals surface area contributed by atoms with Gasteiger partial charge in [-0.25, -0.2) is 19.9 Å². The van der Waals surface area contributed by atoms with Gasteiger partial charge in [-0.2, -0.15) is 9.97 Å². The van der Waals surface area contributed by atoms with E-state index in [4.69, 9.17) is 29.9 Å². The van der Waals surface area contributed by atoms with Crippen molar-refractivity contribution in [2.75, 3.05) is 0 Å². The number of aromatic nitrogens is 12. The van der Waals surface area contributed by atoms with Gasteiger partial charge in [-0.05, 0) is 190 Å². The molecule has 0 saturated heterocycles. The summed E-state index contributed by atoms with van der Waals surface area (Å²) in [4.78, 5) is 31.0. The molecule has 30 rings (SSSR count). The minimum absolute atomic E-state index is 0.586. The quantitative estimate of drug-likeness (QED) is 0.101. The lowest BCUT2D eigenvalue weighted by atomic mass is 9.98. The van der Waals surface area contributed by atoms with Crippen LogP contribution >= 0.6 is 0 Å². The molecule has 702 valence electrons. The summed E-state index contributed by atoms with van der Waals surface area (Å²) in [5.41, 5.74) is 34.3. The Bertz CT molecular complexity index is 9320. The predicted molar refractivity (Wildman–Crippen MR) is 621 cm³/mol. The van der Waals surface area contributed by atoms with Crippen LogP contribution in [0.4, 0.5) is 0 Å². The first kappa shape index (κ1) is 87.5. The zero-order valence-corrected chi connectivity index (χ0v) is 81.3. The van der Waals surface area contributed by atoms with Gasteiger partial charge in [0.15, 0.2) is 11.6 Å². The van der Waals surface area contributed by atoms with E-state index in [-0.39, 0.29) is 0 Å². The van der Waals surface area contributed by atoms with Crippen molar-refractivity contribution in [2.24, 2.45) is 0 Å². The first-order valence-corrected chi connectivity index (χ1v) is 50.8. The Morgan fingerprint density at radius 2 is 0.380 bits per heavy atom. The summed E-state index contributed by atoms with van der Waals surface area (Å²) in [6, 6.07) is 193. The number of fused-ring (bicyclic) bond motifs is 18. The highest BCUT2D eigenvalue weighted by atomic mass is 15.2. The van der Waals surface area contributed by atoms with Crippen LogP contribution in [0.5, 0.6) is 0 Å². The second-order valence-electron chi connectivity index (χ2n) is 37.9. The molecule has 0 radical (unpaired) electrons. The smallest absolute Gasteiger partial charge is 0.238 e. The van der Waals surface area contributed by atoms with Gasteiger partial charge in [0.1, 0.15) is 5.82 Å². The van der Waals surface area contributed by atoms with Crippen molar-refractivity contribution in [3.8, 4) is 136 Å². The van der Waals surface area contributed by atoms with Crippen LogP contribution in [0.3, 0.4) is 0 Å². The molecule has 0 bridgehead atoms. The summed E-state index contributed by atoms with van der Waals surface area (Å²) in [7, 11) is 0. The third-order valence-corrected chi connectivity index (χ3v) is 29.2. The molecule has 0 fully saturated rings. The Balaban J connectivity index is 0.000000108. The Morgan fingerprint density at radius 1 is 0.127 bits per heavy atom. The fourth-order valence-electron chi connectivity index (χ4n) is 22.6. The number of pyridine rings is 1. The third kappa shape index (κ3) is 15.2. The Kier molecular flexibility index (Phi) is 21.6. The van der Waals surface area contributed by atoms with Gasteiger partial charge in [-0.3, -0.25) is 13.7 Å². The van der Waals surface area contributed by atoms with E-state index in [1.807, 2.05) is 72.8 Å². The van der Waals surface area contributed by atoms with Gasteiger partial charge < -0.3 is 13.7 Å². The Morgan fingerprint density at radius 3 is 0.720 bits per heavy atom. The minimum atomic E-state index is 0.586. The van der Waals surface area contributed by atoms with E-state index in [0.29, 0.717) is 23.5 Å². The number of nitrogens with zero attached hydrogens (tertiary/aromatic N) is 12. The maximum atomic E-state index is 5.34. The number of hydrogen-bond donors (Lipinski definition) is 0. The summed E-state index contributed by atoms with van der Waals surface area (Å²) in [6.07, 6.45) is 0. The molecule has 0 unspecified atom stereocenters. The predicted octanol–water partition coefficient (Wildman–Crippen LogP) is 35.0. The molecule has 150 heavy (non-hydrogen) atoms. The lowest BCUT2D eigenvalue weighted by Crippen LogP contribution is -2.06. The number of hydrogen-bond acceptors (Lipinski definition) is 6. The zero-order chi connectivity index (χ0) is 99.1. The molecule has 0 saturated carbocycles. The maximum absolute atomic E-state index is 5.34. The van der Waals surface area contributed by atoms with Crippen molar-refractivity contribution in [1.29, 1.82) is 0 Å². The van der Waals surface area contributed by atoms with Gasteiger partial charge in [0.05, 0.1) is 83.3 Å². The molecular weight excluding hydrogens is 1830 g/mol. The van der Waals surface area contributed by atoms with Gasteiger partial charge in [-0.1, -0.05) is 400 Å². The molecule has 0 aliphatic carbocycles. The molecule has 9 aromatic heterocycles. The van der Waals surface area contributed by atoms with Gasteiger partial charge >= 0.3 is 0 Å². The van der Waals surface area contributed by atoms with Crippen LogP contribution < -0.4 is 0 Å². The SMILES string of the molecule is c1ccc(-c2cc(-c3ccccc3)nc(-n3c4ccccc4c4c(-c5ccc6c(c5)c5ccccc5n6-c5ccccc5)cccc43)c2)cc1.c1ccc(-c2cc(-c3ccccc3)nc(-n3c4ccccc4c4c(-c5ccc6c(c5)c5ccccc5n6-c5ccccc5)cccc43)n2)cc1.c1ccc(-c2nc(-c3ccccc3)nc(-n3c4ccccc4c4c(-c5ccc6c(c5)c5ccccc5n6-c5ccccc5)cccc43)n2)cc1. The fraction of sp³-hybridized carbons (Fsp3) is 0. The van der Waals surface area contributed by atoms with Crippen molar-refractivity contribution in [2.45, 2.75) is 0 Å². The van der Waals surface area contributed by atoms with E-state index in [1.54, 1.807) is 0 Å². The number of para-hydroxylation sites is 9. The monoisotopic (exact) mass is 1910 g/mol. The summed E-state index contributed by atoms with van der Waals surface area (Å²) >= 11 is 0. The molecule has 9 heterocycles. The number of benzene rings is 21. The van der Waals surface area contributed by atoms with Gasteiger partial charge in [-0.15, -0.1) is 0 Å². The van der Waals surface area contributed by atoms with Crippen molar-refractivity contribution in [1.82, 2.24) is 57.3 Å². The lowest BCUT2D eigenvalue weighted by molar-refractivity contribution is 0.953. The summed E-state index contributed by atoms with van der Waals surface area (Å²) < 4.78 is 13.9. The summed E-state index contributed by atoms with van der Waals surface area (Å²) in [5, 5.41) is 14.5. The molecule has 12 heteroatoms. The van der Waals surface area contributed by atoms with E-state index in [9.17, 15) is 0 Å². The molecule has 0 atom stereocenters. The van der Waals surface area contributed by atoms with E-state index >= 15 is 0 Å². The average molecular weight is 1920 g/mol.